The Morgan fingerprint density at radius 2 is 1.08 bits per heavy atom. The molecular formula is C40H39N3O7S. The molecule has 1 aliphatic rings. The quantitative estimate of drug-likeness (QED) is 0.148. The molecule has 5 aromatic carbocycles. The van der Waals surface area contributed by atoms with E-state index in [1.54, 1.807) is 29.2 Å². The van der Waals surface area contributed by atoms with Gasteiger partial charge in [0.1, 0.15) is 19.8 Å². The van der Waals surface area contributed by atoms with Crippen LogP contribution < -0.4 is 19.5 Å². The predicted molar refractivity (Wildman–Crippen MR) is 194 cm³/mol. The minimum atomic E-state index is -3.81. The zero-order chi connectivity index (χ0) is 35.6. The fraction of sp³-hybridized carbons (Fsp3) is 0.200. The highest BCUT2D eigenvalue weighted by Gasteiger charge is 2.31. The predicted octanol–water partition coefficient (Wildman–Crippen LogP) is 6.53. The maximum absolute atomic E-state index is 14.1. The van der Waals surface area contributed by atoms with E-state index >= 15 is 0 Å². The normalized spacial score (nSPS) is 13.3. The number of hydrogen-bond donors (Lipinski definition) is 1. The van der Waals surface area contributed by atoms with Gasteiger partial charge in [-0.15, -0.1) is 0 Å². The van der Waals surface area contributed by atoms with Crippen LogP contribution in [0.5, 0.6) is 17.2 Å². The van der Waals surface area contributed by atoms with E-state index < -0.39 is 10.0 Å². The molecule has 10 nitrogen and oxygen atoms in total. The molecule has 0 aromatic heterocycles. The van der Waals surface area contributed by atoms with Crippen LogP contribution >= 0.6 is 0 Å². The van der Waals surface area contributed by atoms with Crippen molar-refractivity contribution in [3.63, 3.8) is 0 Å². The lowest BCUT2D eigenvalue weighted by Gasteiger charge is -2.34. The number of sulfonamides is 1. The van der Waals surface area contributed by atoms with Crippen molar-refractivity contribution < 1.29 is 32.2 Å². The second-order valence-electron chi connectivity index (χ2n) is 12.0. The number of amides is 2. The molecule has 0 spiro atoms. The van der Waals surface area contributed by atoms with Gasteiger partial charge in [-0.3, -0.25) is 9.59 Å². The van der Waals surface area contributed by atoms with Crippen molar-refractivity contribution in [3.8, 4) is 17.2 Å². The summed E-state index contributed by atoms with van der Waals surface area (Å²) in [6.45, 7) is 2.73. The number of hydrogen-bond acceptors (Lipinski definition) is 7. The van der Waals surface area contributed by atoms with Crippen LogP contribution in [0.15, 0.2) is 132 Å². The van der Waals surface area contributed by atoms with Crippen LogP contribution in [0.2, 0.25) is 0 Å². The molecule has 0 atom stereocenters. The van der Waals surface area contributed by atoms with Crippen molar-refractivity contribution >= 4 is 27.5 Å². The summed E-state index contributed by atoms with van der Waals surface area (Å²) in [6, 6.07) is 38.5. The summed E-state index contributed by atoms with van der Waals surface area (Å²) >= 11 is 0. The lowest BCUT2D eigenvalue weighted by molar-refractivity contribution is -0.114. The van der Waals surface area contributed by atoms with Gasteiger partial charge in [-0.25, -0.2) is 8.42 Å². The number of nitrogens with zero attached hydrogens (tertiary/aromatic N) is 2. The monoisotopic (exact) mass is 705 g/mol. The summed E-state index contributed by atoms with van der Waals surface area (Å²) < 4.78 is 47.3. The summed E-state index contributed by atoms with van der Waals surface area (Å²) in [5.74, 6) is 0.559. The Bertz CT molecular complexity index is 1970. The first-order valence-electron chi connectivity index (χ1n) is 16.6. The fourth-order valence-electron chi connectivity index (χ4n) is 5.63. The van der Waals surface area contributed by atoms with Gasteiger partial charge in [0.25, 0.3) is 5.91 Å². The van der Waals surface area contributed by atoms with Crippen LogP contribution in [-0.2, 0) is 34.6 Å². The Morgan fingerprint density at radius 3 is 1.53 bits per heavy atom. The number of piperazine rings is 1. The molecule has 6 rings (SSSR count). The van der Waals surface area contributed by atoms with Crippen molar-refractivity contribution in [1.82, 2.24) is 9.21 Å². The molecule has 1 saturated heterocycles. The lowest BCUT2D eigenvalue weighted by Crippen LogP contribution is -2.50. The number of nitrogens with one attached hydrogen (secondary N) is 1. The Hall–Kier alpha value is -5.65. The van der Waals surface area contributed by atoms with Gasteiger partial charge in [0.05, 0.1) is 4.90 Å². The number of carbonyl (C=O) groups is 2. The largest absolute Gasteiger partial charge is 0.485 e. The lowest BCUT2D eigenvalue weighted by atomic mass is 10.1. The van der Waals surface area contributed by atoms with E-state index in [1.807, 2.05) is 91.0 Å². The van der Waals surface area contributed by atoms with Crippen molar-refractivity contribution in [2.75, 3.05) is 31.5 Å². The zero-order valence-electron chi connectivity index (χ0n) is 28.2. The molecule has 0 radical (unpaired) electrons. The highest BCUT2D eigenvalue weighted by molar-refractivity contribution is 7.89. The molecule has 262 valence electrons. The molecular weight excluding hydrogens is 667 g/mol. The molecule has 2 amide bonds. The Balaban J connectivity index is 1.25. The van der Waals surface area contributed by atoms with E-state index in [-0.39, 0.29) is 62.7 Å². The van der Waals surface area contributed by atoms with E-state index in [0.717, 1.165) is 16.7 Å². The number of carbonyl (C=O) groups excluding carboxylic acids is 2. The Labute approximate surface area is 298 Å². The van der Waals surface area contributed by atoms with Gasteiger partial charge in [0, 0.05) is 44.4 Å². The molecule has 5 aromatic rings. The smallest absolute Gasteiger partial charge is 0.254 e. The average Bonchev–Trinajstić information content (AvgIpc) is 3.16. The van der Waals surface area contributed by atoms with E-state index in [9.17, 15) is 18.0 Å². The molecule has 0 unspecified atom stereocenters. The van der Waals surface area contributed by atoms with Crippen molar-refractivity contribution in [3.05, 3.63) is 150 Å². The fourth-order valence-corrected chi connectivity index (χ4v) is 7.06. The van der Waals surface area contributed by atoms with Gasteiger partial charge >= 0.3 is 0 Å². The number of benzene rings is 5. The third-order valence-corrected chi connectivity index (χ3v) is 10.2. The molecule has 1 aliphatic heterocycles. The van der Waals surface area contributed by atoms with Crippen LogP contribution in [0.25, 0.3) is 0 Å². The third-order valence-electron chi connectivity index (χ3n) is 8.31. The summed E-state index contributed by atoms with van der Waals surface area (Å²) in [4.78, 5) is 27.2. The SMILES string of the molecule is CC(=O)Nc1ccc(S(=O)(=O)N2CCN(C(=O)c3cc(OCc4ccccc4)c(OCc4ccccc4)c(OCc4ccccc4)c3)CC2)cc1. The first kappa shape index (κ1) is 35.2. The summed E-state index contributed by atoms with van der Waals surface area (Å²) in [7, 11) is -3.81. The van der Waals surface area contributed by atoms with Gasteiger partial charge < -0.3 is 24.4 Å². The maximum Gasteiger partial charge on any atom is 0.254 e. The minimum absolute atomic E-state index is 0.114. The first-order valence-corrected chi connectivity index (χ1v) is 18.1. The van der Waals surface area contributed by atoms with Crippen molar-refractivity contribution in [2.24, 2.45) is 0 Å². The van der Waals surface area contributed by atoms with Gasteiger partial charge in [0.15, 0.2) is 11.5 Å². The number of anilines is 1. The Morgan fingerprint density at radius 1 is 0.627 bits per heavy atom. The van der Waals surface area contributed by atoms with Gasteiger partial charge in [-0.2, -0.15) is 4.31 Å². The highest BCUT2D eigenvalue weighted by atomic mass is 32.2. The standard InChI is InChI=1S/C40H39N3O7S/c1-30(44)41-35-17-19-36(20-18-35)51(46,47)43-23-21-42(22-24-43)40(45)34-25-37(48-27-31-11-5-2-6-12-31)39(50-29-33-15-9-4-10-16-33)38(26-34)49-28-32-13-7-3-8-14-32/h2-20,25-26H,21-24,27-29H2,1H3,(H,41,44). The van der Waals surface area contributed by atoms with Crippen LogP contribution in [0, 0.1) is 0 Å². The Kier molecular flexibility index (Phi) is 11.3. The van der Waals surface area contributed by atoms with Crippen LogP contribution in [0.4, 0.5) is 5.69 Å². The number of rotatable bonds is 13. The summed E-state index contributed by atoms with van der Waals surface area (Å²) in [5, 5.41) is 2.64. The van der Waals surface area contributed by atoms with Crippen molar-refractivity contribution in [1.29, 1.82) is 0 Å². The molecule has 1 heterocycles. The summed E-state index contributed by atoms with van der Waals surface area (Å²) in [6.07, 6.45) is 0. The van der Waals surface area contributed by atoms with Gasteiger partial charge in [0.2, 0.25) is 21.7 Å². The molecule has 0 saturated carbocycles. The van der Waals surface area contributed by atoms with E-state index in [0.29, 0.717) is 28.5 Å². The number of ether oxygens (including phenoxy) is 3. The second kappa shape index (κ2) is 16.4. The van der Waals surface area contributed by atoms with Crippen molar-refractivity contribution in [2.45, 2.75) is 31.6 Å². The first-order chi connectivity index (χ1) is 24.8. The highest BCUT2D eigenvalue weighted by Crippen LogP contribution is 2.41. The molecule has 0 aliphatic carbocycles. The van der Waals surface area contributed by atoms with Crippen LogP contribution in [-0.4, -0.2) is 55.6 Å². The van der Waals surface area contributed by atoms with Gasteiger partial charge in [-0.05, 0) is 53.1 Å². The van der Waals surface area contributed by atoms with Crippen LogP contribution in [0.3, 0.4) is 0 Å². The minimum Gasteiger partial charge on any atom is -0.485 e. The zero-order valence-corrected chi connectivity index (χ0v) is 29.1. The molecule has 11 heteroatoms. The average molecular weight is 706 g/mol. The van der Waals surface area contributed by atoms with Gasteiger partial charge in [-0.1, -0.05) is 91.0 Å². The maximum atomic E-state index is 14.1. The summed E-state index contributed by atoms with van der Waals surface area (Å²) in [5.41, 5.74) is 3.68. The molecule has 1 N–H and O–H groups in total. The third kappa shape index (κ3) is 9.13. The van der Waals surface area contributed by atoms with E-state index in [4.69, 9.17) is 14.2 Å². The van der Waals surface area contributed by atoms with E-state index in [1.165, 1.54) is 23.4 Å². The molecule has 1 fully saturated rings. The van der Waals surface area contributed by atoms with E-state index in [2.05, 4.69) is 5.32 Å². The molecule has 51 heavy (non-hydrogen) atoms. The van der Waals surface area contributed by atoms with Crippen LogP contribution in [0.1, 0.15) is 34.0 Å². The second-order valence-corrected chi connectivity index (χ2v) is 14.0. The topological polar surface area (TPSA) is 114 Å². The molecule has 0 bridgehead atoms.